The number of anilines is 4. The van der Waals surface area contributed by atoms with Crippen molar-refractivity contribution >= 4 is 50.2 Å². The third kappa shape index (κ3) is 5.06. The molecule has 4 aromatic heterocycles. The molecule has 4 aromatic rings. The molecule has 11 nitrogen and oxygen atoms in total. The zero-order valence-corrected chi connectivity index (χ0v) is 19.0. The maximum Gasteiger partial charge on any atom is 0.233 e. The van der Waals surface area contributed by atoms with Gasteiger partial charge >= 0.3 is 0 Å². The minimum atomic E-state index is -3.45. The van der Waals surface area contributed by atoms with Gasteiger partial charge in [-0.2, -0.15) is 4.98 Å². The highest BCUT2D eigenvalue weighted by atomic mass is 32.2. The molecule has 4 heterocycles. The highest BCUT2D eigenvalue weighted by Crippen LogP contribution is 2.23. The van der Waals surface area contributed by atoms with Crippen molar-refractivity contribution < 1.29 is 13.2 Å². The Kier molecular flexibility index (Phi) is 5.92. The Bertz CT molecular complexity index is 1420. The lowest BCUT2D eigenvalue weighted by Crippen LogP contribution is -2.27. The van der Waals surface area contributed by atoms with Gasteiger partial charge in [0, 0.05) is 43.5 Å². The summed E-state index contributed by atoms with van der Waals surface area (Å²) in [5.41, 5.74) is 2.06. The Morgan fingerprint density at radius 2 is 1.94 bits per heavy atom. The van der Waals surface area contributed by atoms with E-state index in [9.17, 15) is 13.2 Å². The van der Waals surface area contributed by atoms with Crippen LogP contribution in [0.15, 0.2) is 55.1 Å². The summed E-state index contributed by atoms with van der Waals surface area (Å²) >= 11 is 0. The summed E-state index contributed by atoms with van der Waals surface area (Å²) in [5.74, 6) is 0.984. The number of hydrogen-bond acceptors (Lipinski definition) is 8. The molecule has 2 N–H and O–H groups in total. The van der Waals surface area contributed by atoms with Crippen molar-refractivity contribution in [3.8, 4) is 0 Å². The Labute approximate surface area is 190 Å². The number of nitrogens with one attached hydrogen (secondary N) is 2. The molecule has 0 saturated carbocycles. The average Bonchev–Trinajstić information content (AvgIpc) is 3.16. The fraction of sp³-hybridized carbons (Fsp3) is 0.190. The van der Waals surface area contributed by atoms with Crippen LogP contribution in [0, 0.1) is 0 Å². The van der Waals surface area contributed by atoms with E-state index in [-0.39, 0.29) is 5.91 Å². The second-order valence-corrected chi connectivity index (χ2v) is 9.38. The number of amides is 1. The van der Waals surface area contributed by atoms with Crippen LogP contribution in [0.5, 0.6) is 0 Å². The predicted molar refractivity (Wildman–Crippen MR) is 126 cm³/mol. The first-order chi connectivity index (χ1) is 15.7. The van der Waals surface area contributed by atoms with Crippen LogP contribution in [-0.4, -0.2) is 52.1 Å². The molecule has 12 heteroatoms. The fourth-order valence-electron chi connectivity index (χ4n) is 3.19. The summed E-state index contributed by atoms with van der Waals surface area (Å²) in [6.45, 7) is 1.79. The van der Waals surface area contributed by atoms with Crippen LogP contribution in [0.4, 0.5) is 23.3 Å². The topological polar surface area (TPSA) is 135 Å². The van der Waals surface area contributed by atoms with Crippen molar-refractivity contribution in [3.05, 3.63) is 60.7 Å². The van der Waals surface area contributed by atoms with Gasteiger partial charge < -0.3 is 15.2 Å². The van der Waals surface area contributed by atoms with E-state index in [1.165, 1.54) is 14.0 Å². The molecule has 1 amide bonds. The van der Waals surface area contributed by atoms with Crippen LogP contribution in [0.3, 0.4) is 0 Å². The van der Waals surface area contributed by atoms with Gasteiger partial charge in [0.15, 0.2) is 0 Å². The molecule has 0 atom stereocenters. The molecule has 0 aliphatic carbocycles. The van der Waals surface area contributed by atoms with Crippen LogP contribution in [0.25, 0.3) is 11.0 Å². The minimum Gasteiger partial charge on any atom is -0.328 e. The monoisotopic (exact) mass is 466 g/mol. The molecule has 0 fully saturated rings. The van der Waals surface area contributed by atoms with Gasteiger partial charge in [0.1, 0.15) is 17.3 Å². The van der Waals surface area contributed by atoms with E-state index in [2.05, 4.69) is 30.6 Å². The highest BCUT2D eigenvalue weighted by molar-refractivity contribution is 7.92. The van der Waals surface area contributed by atoms with E-state index in [0.29, 0.717) is 35.5 Å². The smallest absolute Gasteiger partial charge is 0.233 e. The van der Waals surface area contributed by atoms with Gasteiger partial charge in [-0.1, -0.05) is 6.07 Å². The molecule has 0 aliphatic rings. The van der Waals surface area contributed by atoms with Crippen molar-refractivity contribution in [1.82, 2.24) is 24.5 Å². The molecule has 0 bridgehead atoms. The largest absolute Gasteiger partial charge is 0.328 e. The molecular weight excluding hydrogens is 444 g/mol. The number of sulfonamides is 1. The molecule has 0 aromatic carbocycles. The molecule has 33 heavy (non-hydrogen) atoms. The van der Waals surface area contributed by atoms with Gasteiger partial charge in [-0.3, -0.25) is 9.10 Å². The average molecular weight is 467 g/mol. The van der Waals surface area contributed by atoms with E-state index in [1.807, 2.05) is 22.9 Å². The second-order valence-electron chi connectivity index (χ2n) is 7.37. The SMILES string of the molecule is CC(=O)Nc1ccc(Nc2ncc3ccn(Cc4cccnc4N(C)S(C)(=O)=O)c3n2)cn1. The van der Waals surface area contributed by atoms with Crippen molar-refractivity contribution in [3.63, 3.8) is 0 Å². The lowest BCUT2D eigenvalue weighted by molar-refractivity contribution is -0.114. The molecule has 0 spiro atoms. The Balaban J connectivity index is 1.60. The van der Waals surface area contributed by atoms with Crippen molar-refractivity contribution in [1.29, 1.82) is 0 Å². The Morgan fingerprint density at radius 3 is 2.64 bits per heavy atom. The van der Waals surface area contributed by atoms with Gasteiger partial charge in [0.2, 0.25) is 21.9 Å². The summed E-state index contributed by atoms with van der Waals surface area (Å²) in [6.07, 6.45) is 7.83. The first-order valence-electron chi connectivity index (χ1n) is 9.91. The normalized spacial score (nSPS) is 11.4. The molecular formula is C21H22N8O3S. The zero-order chi connectivity index (χ0) is 23.6. The summed E-state index contributed by atoms with van der Waals surface area (Å²) in [6, 6.07) is 8.92. The third-order valence-corrected chi connectivity index (χ3v) is 6.00. The van der Waals surface area contributed by atoms with Gasteiger partial charge in [-0.25, -0.2) is 23.4 Å². The summed E-state index contributed by atoms with van der Waals surface area (Å²) in [7, 11) is -1.98. The Morgan fingerprint density at radius 1 is 1.12 bits per heavy atom. The van der Waals surface area contributed by atoms with Crippen molar-refractivity contribution in [2.24, 2.45) is 0 Å². The lowest BCUT2D eigenvalue weighted by atomic mass is 10.2. The molecule has 4 rings (SSSR count). The number of pyridine rings is 2. The minimum absolute atomic E-state index is 0.197. The first-order valence-corrected chi connectivity index (χ1v) is 11.8. The summed E-state index contributed by atoms with van der Waals surface area (Å²) < 4.78 is 27.1. The maximum atomic E-state index is 12.0. The molecule has 0 unspecified atom stereocenters. The van der Waals surface area contributed by atoms with Crippen LogP contribution >= 0.6 is 0 Å². The number of nitrogens with zero attached hydrogens (tertiary/aromatic N) is 6. The molecule has 0 aliphatic heterocycles. The van der Waals surface area contributed by atoms with Gasteiger partial charge in [-0.15, -0.1) is 0 Å². The molecule has 170 valence electrons. The summed E-state index contributed by atoms with van der Waals surface area (Å²) in [4.78, 5) is 28.5. The fourth-order valence-corrected chi connectivity index (χ4v) is 3.67. The van der Waals surface area contributed by atoms with Crippen molar-refractivity contribution in [2.45, 2.75) is 13.5 Å². The third-order valence-electron chi connectivity index (χ3n) is 4.83. The first kappa shape index (κ1) is 22.1. The number of rotatable bonds is 7. The van der Waals surface area contributed by atoms with E-state index in [1.54, 1.807) is 36.8 Å². The maximum absolute atomic E-state index is 12.0. The van der Waals surface area contributed by atoms with E-state index in [4.69, 9.17) is 0 Å². The number of carbonyl (C=O) groups excluding carboxylic acids is 1. The number of carbonyl (C=O) groups is 1. The van der Waals surface area contributed by atoms with Crippen molar-refractivity contribution in [2.75, 3.05) is 28.2 Å². The zero-order valence-electron chi connectivity index (χ0n) is 18.2. The summed E-state index contributed by atoms with van der Waals surface area (Å²) in [5, 5.41) is 6.54. The number of hydrogen-bond donors (Lipinski definition) is 2. The highest BCUT2D eigenvalue weighted by Gasteiger charge is 2.18. The van der Waals surface area contributed by atoms with Crippen LogP contribution in [0.1, 0.15) is 12.5 Å². The lowest BCUT2D eigenvalue weighted by Gasteiger charge is -2.19. The number of fused-ring (bicyclic) bond motifs is 1. The van der Waals surface area contributed by atoms with Crippen LogP contribution in [0.2, 0.25) is 0 Å². The van der Waals surface area contributed by atoms with Gasteiger partial charge in [-0.05, 0) is 24.3 Å². The standard InChI is InChI=1S/C21H22N8O3S/c1-14(30)25-18-7-6-17(12-23-18)26-21-24-11-15-8-10-29(20(15)27-21)13-16-5-4-9-22-19(16)28(2)33(3,31)32/h4-12H,13H2,1-3H3,(H,23,25,30)(H,24,26,27). The van der Waals surface area contributed by atoms with Crippen LogP contribution < -0.4 is 14.9 Å². The van der Waals surface area contributed by atoms with Gasteiger partial charge in [0.05, 0.1) is 24.7 Å². The Hall–Kier alpha value is -4.06. The predicted octanol–water partition coefficient (Wildman–Crippen LogP) is 2.37. The molecule has 0 radical (unpaired) electrons. The quantitative estimate of drug-likeness (QED) is 0.424. The van der Waals surface area contributed by atoms with Crippen LogP contribution in [-0.2, 0) is 21.4 Å². The van der Waals surface area contributed by atoms with E-state index < -0.39 is 10.0 Å². The molecule has 0 saturated heterocycles. The number of aromatic nitrogens is 5. The van der Waals surface area contributed by atoms with E-state index >= 15 is 0 Å². The van der Waals surface area contributed by atoms with Gasteiger partial charge in [0.25, 0.3) is 0 Å². The second kappa shape index (κ2) is 8.82. The van der Waals surface area contributed by atoms with E-state index in [0.717, 1.165) is 21.5 Å².